The molecule has 0 bridgehead atoms. The van der Waals surface area contributed by atoms with Crippen LogP contribution < -0.4 is 11.1 Å². The number of rotatable bonds is 6. The third-order valence-corrected chi connectivity index (χ3v) is 5.24. The zero-order valence-corrected chi connectivity index (χ0v) is 17.7. The Kier molecular flexibility index (Phi) is 5.72. The van der Waals surface area contributed by atoms with Crippen molar-refractivity contribution in [1.82, 2.24) is 25.1 Å². The maximum atomic E-state index is 5.87. The number of hydrogen-bond acceptors (Lipinski definition) is 9. The van der Waals surface area contributed by atoms with Crippen LogP contribution in [0, 0.1) is 0 Å². The van der Waals surface area contributed by atoms with Gasteiger partial charge < -0.3 is 15.5 Å². The summed E-state index contributed by atoms with van der Waals surface area (Å²) in [7, 11) is 0. The van der Waals surface area contributed by atoms with Gasteiger partial charge in [-0.2, -0.15) is 15.0 Å². The average molecular weight is 470 g/mol. The van der Waals surface area contributed by atoms with Crippen molar-refractivity contribution in [1.29, 1.82) is 0 Å². The maximum absolute atomic E-state index is 5.87. The van der Waals surface area contributed by atoms with Crippen LogP contribution in [0.4, 0.5) is 17.6 Å². The Morgan fingerprint density at radius 3 is 2.66 bits per heavy atom. The minimum Gasteiger partial charge on any atom is -0.411 e. The minimum atomic E-state index is -0.174. The highest BCUT2D eigenvalue weighted by Gasteiger charge is 2.18. The molecule has 4 rings (SSSR count). The molecule has 10 heteroatoms. The molecular weight excluding hydrogens is 454 g/mol. The Bertz CT molecular complexity index is 1120. The van der Waals surface area contributed by atoms with Crippen LogP contribution >= 0.6 is 27.7 Å². The minimum absolute atomic E-state index is 0.140. The lowest BCUT2D eigenvalue weighted by Gasteiger charge is -2.10. The van der Waals surface area contributed by atoms with Gasteiger partial charge in [-0.05, 0) is 37.3 Å². The normalized spacial score (nSPS) is 11.9. The van der Waals surface area contributed by atoms with Gasteiger partial charge in [-0.3, -0.25) is 0 Å². The summed E-state index contributed by atoms with van der Waals surface area (Å²) in [6.45, 7) is 1.94. The van der Waals surface area contributed by atoms with Gasteiger partial charge in [0.15, 0.2) is 0 Å². The van der Waals surface area contributed by atoms with E-state index in [0.717, 1.165) is 15.7 Å². The summed E-state index contributed by atoms with van der Waals surface area (Å²) in [4.78, 5) is 12.9. The topological polar surface area (TPSA) is 116 Å². The van der Waals surface area contributed by atoms with Crippen molar-refractivity contribution in [2.75, 3.05) is 11.1 Å². The molecule has 8 nitrogen and oxygen atoms in total. The summed E-state index contributed by atoms with van der Waals surface area (Å²) in [6.07, 6.45) is 0. The molecule has 146 valence electrons. The van der Waals surface area contributed by atoms with Crippen molar-refractivity contribution in [3.05, 3.63) is 64.9 Å². The molecule has 0 radical (unpaired) electrons. The van der Waals surface area contributed by atoms with Crippen LogP contribution in [0.5, 0.6) is 0 Å². The number of nitrogens with one attached hydrogen (secondary N) is 1. The van der Waals surface area contributed by atoms with E-state index in [1.54, 1.807) is 0 Å². The molecule has 1 atom stereocenters. The van der Waals surface area contributed by atoms with Crippen molar-refractivity contribution < 1.29 is 4.42 Å². The summed E-state index contributed by atoms with van der Waals surface area (Å²) >= 11 is 4.79. The standard InChI is InChI=1S/C19H16BrN7OS/c1-11(29-19-27-26-16(28-19)12-6-5-7-13(20)10-12)15-23-17(21)25-18(24-15)22-14-8-3-2-4-9-14/h2-11H,1H3,(H3,21,22,23,24,25). The molecule has 0 saturated heterocycles. The number of aromatic nitrogens is 5. The van der Waals surface area contributed by atoms with Crippen LogP contribution in [-0.2, 0) is 0 Å². The first-order valence-corrected chi connectivity index (χ1v) is 10.3. The molecule has 2 aromatic heterocycles. The van der Waals surface area contributed by atoms with Gasteiger partial charge in [0.25, 0.3) is 5.22 Å². The summed E-state index contributed by atoms with van der Waals surface area (Å²) < 4.78 is 6.71. The Hall–Kier alpha value is -2.98. The first kappa shape index (κ1) is 19.3. The molecule has 0 saturated carbocycles. The number of halogens is 1. The van der Waals surface area contributed by atoms with Gasteiger partial charge >= 0.3 is 0 Å². The highest BCUT2D eigenvalue weighted by atomic mass is 79.9. The van der Waals surface area contributed by atoms with Crippen LogP contribution in [0.1, 0.15) is 18.0 Å². The Morgan fingerprint density at radius 1 is 1.03 bits per heavy atom. The molecule has 4 aromatic rings. The van der Waals surface area contributed by atoms with Gasteiger partial charge in [0.2, 0.25) is 17.8 Å². The van der Waals surface area contributed by atoms with Crippen LogP contribution in [0.25, 0.3) is 11.5 Å². The van der Waals surface area contributed by atoms with E-state index in [1.807, 2.05) is 61.5 Å². The van der Waals surface area contributed by atoms with Crippen molar-refractivity contribution >= 4 is 45.3 Å². The van der Waals surface area contributed by atoms with Crippen LogP contribution in [0.15, 0.2) is 68.7 Å². The lowest BCUT2D eigenvalue weighted by molar-refractivity contribution is 0.465. The molecule has 0 spiro atoms. The fourth-order valence-electron chi connectivity index (χ4n) is 2.50. The van der Waals surface area contributed by atoms with Gasteiger partial charge in [0.05, 0.1) is 5.25 Å². The largest absolute Gasteiger partial charge is 0.411 e. The number of benzene rings is 2. The van der Waals surface area contributed by atoms with Crippen molar-refractivity contribution in [2.45, 2.75) is 17.4 Å². The maximum Gasteiger partial charge on any atom is 0.277 e. The van der Waals surface area contributed by atoms with Gasteiger partial charge in [-0.15, -0.1) is 10.2 Å². The third kappa shape index (κ3) is 4.90. The molecule has 0 amide bonds. The monoisotopic (exact) mass is 469 g/mol. The number of nitrogen functional groups attached to an aromatic ring is 1. The second kappa shape index (κ2) is 8.58. The second-order valence-corrected chi connectivity index (χ2v) is 8.22. The summed E-state index contributed by atoms with van der Waals surface area (Å²) in [5.74, 6) is 1.48. The first-order valence-electron chi connectivity index (χ1n) is 8.66. The number of thioether (sulfide) groups is 1. The smallest absolute Gasteiger partial charge is 0.277 e. The zero-order chi connectivity index (χ0) is 20.2. The van der Waals surface area contributed by atoms with E-state index >= 15 is 0 Å². The quantitative estimate of drug-likeness (QED) is 0.381. The van der Waals surface area contributed by atoms with Gasteiger partial charge in [-0.25, -0.2) is 0 Å². The van der Waals surface area contributed by atoms with E-state index in [1.165, 1.54) is 11.8 Å². The van der Waals surface area contributed by atoms with E-state index in [4.69, 9.17) is 10.2 Å². The van der Waals surface area contributed by atoms with Crippen LogP contribution in [0.3, 0.4) is 0 Å². The highest BCUT2D eigenvalue weighted by Crippen LogP contribution is 2.34. The van der Waals surface area contributed by atoms with E-state index in [-0.39, 0.29) is 11.2 Å². The molecule has 2 heterocycles. The van der Waals surface area contributed by atoms with Gasteiger partial charge in [-0.1, -0.05) is 52.0 Å². The van der Waals surface area contributed by atoms with Crippen molar-refractivity contribution in [3.8, 4) is 11.5 Å². The fourth-order valence-corrected chi connectivity index (χ4v) is 3.62. The molecule has 0 aliphatic rings. The third-order valence-electron chi connectivity index (χ3n) is 3.82. The van der Waals surface area contributed by atoms with Gasteiger partial charge in [0, 0.05) is 15.7 Å². The lowest BCUT2D eigenvalue weighted by Crippen LogP contribution is -2.08. The molecular formula is C19H16BrN7OS. The van der Waals surface area contributed by atoms with Gasteiger partial charge in [0.1, 0.15) is 5.82 Å². The first-order chi connectivity index (χ1) is 14.1. The SMILES string of the molecule is CC(Sc1nnc(-c2cccc(Br)c2)o1)c1nc(N)nc(Nc2ccccc2)n1. The zero-order valence-electron chi connectivity index (χ0n) is 15.3. The highest BCUT2D eigenvalue weighted by molar-refractivity contribution is 9.10. The fraction of sp³-hybridized carbons (Fsp3) is 0.105. The summed E-state index contributed by atoms with van der Waals surface area (Å²) in [5, 5.41) is 11.6. The molecule has 1 unspecified atom stereocenters. The number of nitrogens with zero attached hydrogens (tertiary/aromatic N) is 5. The Balaban J connectivity index is 1.51. The lowest BCUT2D eigenvalue weighted by atomic mass is 10.2. The molecule has 0 fully saturated rings. The van der Waals surface area contributed by atoms with Crippen LogP contribution in [0.2, 0.25) is 0 Å². The molecule has 3 N–H and O–H groups in total. The van der Waals surface area contributed by atoms with E-state index in [2.05, 4.69) is 46.4 Å². The van der Waals surface area contributed by atoms with E-state index < -0.39 is 0 Å². The van der Waals surface area contributed by atoms with Crippen molar-refractivity contribution in [3.63, 3.8) is 0 Å². The average Bonchev–Trinajstić information content (AvgIpc) is 3.17. The molecule has 0 aliphatic carbocycles. The molecule has 29 heavy (non-hydrogen) atoms. The Labute approximate surface area is 179 Å². The van der Waals surface area contributed by atoms with Crippen LogP contribution in [-0.4, -0.2) is 25.1 Å². The Morgan fingerprint density at radius 2 is 1.86 bits per heavy atom. The number of anilines is 3. The number of nitrogens with two attached hydrogens (primary N) is 1. The predicted octanol–water partition coefficient (Wildman–Crippen LogP) is 4.86. The summed E-state index contributed by atoms with van der Waals surface area (Å²) in [6, 6.07) is 17.3. The molecule has 0 aliphatic heterocycles. The molecule has 2 aromatic carbocycles. The van der Waals surface area contributed by atoms with E-state index in [0.29, 0.717) is 22.9 Å². The van der Waals surface area contributed by atoms with E-state index in [9.17, 15) is 0 Å². The number of para-hydroxylation sites is 1. The summed E-state index contributed by atoms with van der Waals surface area (Å²) in [5.41, 5.74) is 7.57. The predicted molar refractivity (Wildman–Crippen MR) is 116 cm³/mol. The second-order valence-electron chi connectivity index (χ2n) is 6.01. The van der Waals surface area contributed by atoms with Crippen molar-refractivity contribution in [2.24, 2.45) is 0 Å². The number of hydrogen-bond donors (Lipinski definition) is 2.